The van der Waals surface area contributed by atoms with Gasteiger partial charge in [-0.05, 0) is 55.4 Å². The smallest absolute Gasteiger partial charge is 0.0774 e. The van der Waals surface area contributed by atoms with Crippen molar-refractivity contribution in [3.63, 3.8) is 0 Å². The molecule has 2 aromatic carbocycles. The summed E-state index contributed by atoms with van der Waals surface area (Å²) in [5, 5.41) is 1.17. The highest BCUT2D eigenvalue weighted by atomic mass is 14.8. The Bertz CT molecular complexity index is 879. The van der Waals surface area contributed by atoms with Crippen LogP contribution in [-0.2, 0) is 12.8 Å². The summed E-state index contributed by atoms with van der Waals surface area (Å²) in [5.41, 5.74) is 7.17. The van der Waals surface area contributed by atoms with Crippen molar-refractivity contribution in [2.75, 3.05) is 0 Å². The maximum absolute atomic E-state index is 4.92. The fourth-order valence-corrected chi connectivity index (χ4v) is 3.34. The molecule has 1 aliphatic rings. The van der Waals surface area contributed by atoms with E-state index < -0.39 is 0 Å². The number of aryl methyl sites for hydroxylation is 2. The van der Waals surface area contributed by atoms with Crippen molar-refractivity contribution in [2.24, 2.45) is 4.99 Å². The molecule has 2 heteroatoms. The van der Waals surface area contributed by atoms with Gasteiger partial charge in [-0.2, -0.15) is 0 Å². The van der Waals surface area contributed by atoms with Gasteiger partial charge in [0.15, 0.2) is 0 Å². The lowest BCUT2D eigenvalue weighted by atomic mass is 9.92. The zero-order valence-electron chi connectivity index (χ0n) is 13.4. The van der Waals surface area contributed by atoms with Crippen molar-refractivity contribution in [1.82, 2.24) is 4.98 Å². The lowest BCUT2D eigenvalue weighted by Crippen LogP contribution is -2.06. The molecule has 0 bridgehead atoms. The van der Waals surface area contributed by atoms with E-state index in [-0.39, 0.29) is 0 Å². The van der Waals surface area contributed by atoms with Crippen molar-refractivity contribution in [3.8, 4) is 0 Å². The summed E-state index contributed by atoms with van der Waals surface area (Å²) in [6, 6.07) is 16.8. The number of aromatic nitrogens is 1. The second kappa shape index (κ2) is 5.96. The second-order valence-corrected chi connectivity index (χ2v) is 6.28. The normalized spacial score (nSPS) is 14.3. The van der Waals surface area contributed by atoms with Crippen LogP contribution in [0.3, 0.4) is 0 Å². The number of hydrogen-bond acceptors (Lipinski definition) is 2. The van der Waals surface area contributed by atoms with E-state index in [0.717, 1.165) is 29.6 Å². The van der Waals surface area contributed by atoms with Crippen LogP contribution in [0.1, 0.15) is 35.2 Å². The molecule has 4 rings (SSSR count). The molecule has 0 amide bonds. The monoisotopic (exact) mass is 300 g/mol. The molecule has 0 saturated carbocycles. The minimum atomic E-state index is 1.07. The van der Waals surface area contributed by atoms with Gasteiger partial charge in [0.2, 0.25) is 0 Å². The zero-order chi connectivity index (χ0) is 15.6. The van der Waals surface area contributed by atoms with Crippen molar-refractivity contribution in [2.45, 2.75) is 32.6 Å². The van der Waals surface area contributed by atoms with Crippen LogP contribution < -0.4 is 0 Å². The van der Waals surface area contributed by atoms with E-state index in [4.69, 9.17) is 9.98 Å². The summed E-state index contributed by atoms with van der Waals surface area (Å²) in [6.45, 7) is 2.12. The summed E-state index contributed by atoms with van der Waals surface area (Å²) in [4.78, 5) is 9.80. The molecule has 0 fully saturated rings. The van der Waals surface area contributed by atoms with Crippen molar-refractivity contribution in [1.29, 1.82) is 0 Å². The first-order valence-corrected chi connectivity index (χ1v) is 8.32. The Hall–Kier alpha value is -2.48. The Morgan fingerprint density at radius 3 is 2.70 bits per heavy atom. The predicted octanol–water partition coefficient (Wildman–Crippen LogP) is 5.17. The number of benzene rings is 2. The molecule has 0 unspecified atom stereocenters. The minimum absolute atomic E-state index is 1.07. The molecule has 0 aliphatic heterocycles. The summed E-state index contributed by atoms with van der Waals surface area (Å²) < 4.78 is 0. The van der Waals surface area contributed by atoms with Crippen LogP contribution in [0.2, 0.25) is 0 Å². The Balaban J connectivity index is 1.90. The molecule has 1 aliphatic carbocycles. The Kier molecular flexibility index (Phi) is 3.66. The number of aliphatic imine (C=N–C) groups is 1. The zero-order valence-corrected chi connectivity index (χ0v) is 13.4. The average molecular weight is 300 g/mol. The minimum Gasteiger partial charge on any atom is -0.255 e. The van der Waals surface area contributed by atoms with E-state index in [2.05, 4.69) is 37.3 Å². The van der Waals surface area contributed by atoms with Gasteiger partial charge in [-0.3, -0.25) is 9.98 Å². The van der Waals surface area contributed by atoms with E-state index in [0.29, 0.717) is 0 Å². The third kappa shape index (κ3) is 2.77. The molecule has 0 radical (unpaired) electrons. The van der Waals surface area contributed by atoms with Gasteiger partial charge >= 0.3 is 0 Å². The standard InChI is InChI=1S/C21H20N2/c1-15-11-12-18-20(13-15)23-19-10-6-5-9-17(19)21(18)22-14-16-7-3-2-4-8-16/h2-4,7-8,11-14H,5-6,9-10H2,1H3/b22-14+. The molecule has 1 aromatic heterocycles. The molecule has 114 valence electrons. The van der Waals surface area contributed by atoms with Crippen LogP contribution in [0.25, 0.3) is 10.9 Å². The molecular weight excluding hydrogens is 280 g/mol. The molecule has 0 N–H and O–H groups in total. The van der Waals surface area contributed by atoms with Crippen molar-refractivity contribution < 1.29 is 0 Å². The van der Waals surface area contributed by atoms with E-state index in [1.807, 2.05) is 24.4 Å². The number of rotatable bonds is 2. The van der Waals surface area contributed by atoms with E-state index in [1.54, 1.807) is 0 Å². The highest BCUT2D eigenvalue weighted by Crippen LogP contribution is 2.35. The van der Waals surface area contributed by atoms with Crippen LogP contribution in [0.4, 0.5) is 5.69 Å². The quantitative estimate of drug-likeness (QED) is 0.599. The summed E-state index contributed by atoms with van der Waals surface area (Å²) in [5.74, 6) is 0. The topological polar surface area (TPSA) is 25.2 Å². The maximum Gasteiger partial charge on any atom is 0.0774 e. The first kappa shape index (κ1) is 14.1. The summed E-state index contributed by atoms with van der Waals surface area (Å²) in [7, 11) is 0. The van der Waals surface area contributed by atoms with Crippen molar-refractivity contribution >= 4 is 22.8 Å². The lowest BCUT2D eigenvalue weighted by molar-refractivity contribution is 0.672. The van der Waals surface area contributed by atoms with Gasteiger partial charge in [0.25, 0.3) is 0 Å². The molecule has 0 spiro atoms. The maximum atomic E-state index is 4.92. The average Bonchev–Trinajstić information content (AvgIpc) is 2.59. The summed E-state index contributed by atoms with van der Waals surface area (Å²) >= 11 is 0. The first-order valence-electron chi connectivity index (χ1n) is 8.32. The van der Waals surface area contributed by atoms with Crippen LogP contribution >= 0.6 is 0 Å². The van der Waals surface area contributed by atoms with Crippen LogP contribution in [0.5, 0.6) is 0 Å². The number of hydrogen-bond donors (Lipinski definition) is 0. The predicted molar refractivity (Wildman–Crippen MR) is 96.8 cm³/mol. The van der Waals surface area contributed by atoms with Crippen molar-refractivity contribution in [3.05, 3.63) is 70.9 Å². The Morgan fingerprint density at radius 2 is 1.83 bits per heavy atom. The largest absolute Gasteiger partial charge is 0.255 e. The van der Waals surface area contributed by atoms with Gasteiger partial charge in [0.1, 0.15) is 0 Å². The Morgan fingerprint density at radius 1 is 1.00 bits per heavy atom. The third-order valence-electron chi connectivity index (χ3n) is 4.53. The SMILES string of the molecule is Cc1ccc2c(/N=C/c3ccccc3)c3c(nc2c1)CCCC3. The molecule has 23 heavy (non-hydrogen) atoms. The van der Waals surface area contributed by atoms with Gasteiger partial charge in [-0.15, -0.1) is 0 Å². The highest BCUT2D eigenvalue weighted by molar-refractivity contribution is 5.95. The van der Waals surface area contributed by atoms with Gasteiger partial charge < -0.3 is 0 Å². The van der Waals surface area contributed by atoms with Crippen LogP contribution in [-0.4, -0.2) is 11.2 Å². The molecule has 1 heterocycles. The molecule has 0 atom stereocenters. The Labute approximate surface area is 136 Å². The van der Waals surface area contributed by atoms with E-state index >= 15 is 0 Å². The van der Waals surface area contributed by atoms with Gasteiger partial charge in [-0.25, -0.2) is 0 Å². The van der Waals surface area contributed by atoms with Gasteiger partial charge in [0, 0.05) is 17.3 Å². The third-order valence-corrected chi connectivity index (χ3v) is 4.53. The second-order valence-electron chi connectivity index (χ2n) is 6.28. The van der Waals surface area contributed by atoms with Crippen LogP contribution in [0, 0.1) is 6.92 Å². The molecule has 3 aromatic rings. The number of fused-ring (bicyclic) bond motifs is 2. The summed E-state index contributed by atoms with van der Waals surface area (Å²) in [6.07, 6.45) is 6.61. The fraction of sp³-hybridized carbons (Fsp3) is 0.238. The number of nitrogens with zero attached hydrogens (tertiary/aromatic N) is 2. The van der Waals surface area contributed by atoms with Crippen LogP contribution in [0.15, 0.2) is 53.5 Å². The first-order chi connectivity index (χ1) is 11.3. The van der Waals surface area contributed by atoms with E-state index in [1.165, 1.54) is 35.0 Å². The van der Waals surface area contributed by atoms with Gasteiger partial charge in [0.05, 0.1) is 11.2 Å². The highest BCUT2D eigenvalue weighted by Gasteiger charge is 2.17. The molecular formula is C21H20N2. The van der Waals surface area contributed by atoms with Gasteiger partial charge in [-0.1, -0.05) is 42.5 Å². The van der Waals surface area contributed by atoms with E-state index in [9.17, 15) is 0 Å². The fourth-order valence-electron chi connectivity index (χ4n) is 3.34. The lowest BCUT2D eigenvalue weighted by Gasteiger charge is -2.18. The molecule has 2 nitrogen and oxygen atoms in total. The molecule has 0 saturated heterocycles. The number of pyridine rings is 1.